The number of carbonyl (C=O) groups excluding carboxylic acids is 1. The van der Waals surface area contributed by atoms with Crippen molar-refractivity contribution in [2.24, 2.45) is 0 Å². The van der Waals surface area contributed by atoms with E-state index in [1.165, 1.54) is 18.2 Å². The van der Waals surface area contributed by atoms with E-state index < -0.39 is 40.2 Å². The SMILES string of the molecule is C=Cc1ccc2cc(OC(=O)COC(C(F)(F)F)C(F)(F)S(=O)(=O)O)ccc2c1. The maximum atomic E-state index is 13.4. The second-order valence-corrected chi connectivity index (χ2v) is 7.21. The zero-order valence-electron chi connectivity index (χ0n) is 14.3. The number of carbonyl (C=O) groups is 1. The number of hydrogen-bond donors (Lipinski definition) is 1. The van der Waals surface area contributed by atoms with Crippen LogP contribution in [-0.2, 0) is 19.6 Å². The summed E-state index contributed by atoms with van der Waals surface area (Å²) >= 11 is 0. The Hall–Kier alpha value is -2.57. The first-order chi connectivity index (χ1) is 13.3. The van der Waals surface area contributed by atoms with Gasteiger partial charge in [-0.25, -0.2) is 4.79 Å². The van der Waals surface area contributed by atoms with E-state index in [1.807, 2.05) is 0 Å². The summed E-state index contributed by atoms with van der Waals surface area (Å²) in [5, 5.41) is -4.38. The van der Waals surface area contributed by atoms with Gasteiger partial charge in [0.05, 0.1) is 0 Å². The van der Waals surface area contributed by atoms with Crippen molar-refractivity contribution in [2.75, 3.05) is 6.61 Å². The molecule has 2 aromatic rings. The van der Waals surface area contributed by atoms with E-state index in [1.54, 1.807) is 24.3 Å². The fourth-order valence-corrected chi connectivity index (χ4v) is 2.73. The average Bonchev–Trinajstić information content (AvgIpc) is 2.59. The van der Waals surface area contributed by atoms with Gasteiger partial charge in [-0.2, -0.15) is 30.4 Å². The maximum Gasteiger partial charge on any atom is 0.421 e. The number of alkyl halides is 5. The standard InChI is InChI=1S/C17H13F5O6S/c1-2-10-3-4-12-8-13(6-5-11(12)7-10)28-14(23)9-27-15(16(18,19)20)17(21,22)29(24,25)26/h2-8,15H,1,9H2,(H,24,25,26). The molecule has 0 aromatic heterocycles. The molecule has 12 heteroatoms. The van der Waals surface area contributed by atoms with Crippen molar-refractivity contribution in [1.82, 2.24) is 0 Å². The molecule has 2 aromatic carbocycles. The van der Waals surface area contributed by atoms with Crippen molar-refractivity contribution in [2.45, 2.75) is 17.5 Å². The fraction of sp³-hybridized carbons (Fsp3) is 0.235. The molecule has 1 N–H and O–H groups in total. The lowest BCUT2D eigenvalue weighted by molar-refractivity contribution is -0.263. The highest BCUT2D eigenvalue weighted by molar-refractivity contribution is 7.86. The Morgan fingerprint density at radius 1 is 1.10 bits per heavy atom. The van der Waals surface area contributed by atoms with Gasteiger partial charge in [0.15, 0.2) is 0 Å². The van der Waals surface area contributed by atoms with Crippen LogP contribution >= 0.6 is 0 Å². The van der Waals surface area contributed by atoms with Gasteiger partial charge >= 0.3 is 27.5 Å². The van der Waals surface area contributed by atoms with Crippen LogP contribution < -0.4 is 4.74 Å². The number of rotatable bonds is 7. The lowest BCUT2D eigenvalue weighted by Crippen LogP contribution is -2.52. The Morgan fingerprint density at radius 3 is 2.24 bits per heavy atom. The molecule has 0 heterocycles. The molecule has 0 aliphatic carbocycles. The molecule has 0 aliphatic heterocycles. The molecule has 29 heavy (non-hydrogen) atoms. The second-order valence-electron chi connectivity index (χ2n) is 5.72. The number of fused-ring (bicyclic) bond motifs is 1. The minimum atomic E-state index is -6.46. The van der Waals surface area contributed by atoms with E-state index in [2.05, 4.69) is 11.3 Å². The molecular formula is C17H13F5O6S. The monoisotopic (exact) mass is 440 g/mol. The van der Waals surface area contributed by atoms with Gasteiger partial charge in [0.2, 0.25) is 6.10 Å². The van der Waals surface area contributed by atoms with Crippen LogP contribution in [0.2, 0.25) is 0 Å². The van der Waals surface area contributed by atoms with Crippen molar-refractivity contribution in [3.8, 4) is 5.75 Å². The second kappa shape index (κ2) is 8.05. The number of halogens is 5. The smallest absolute Gasteiger partial charge is 0.421 e. The van der Waals surface area contributed by atoms with Crippen LogP contribution in [0, 0.1) is 0 Å². The van der Waals surface area contributed by atoms with Gasteiger partial charge < -0.3 is 9.47 Å². The summed E-state index contributed by atoms with van der Waals surface area (Å²) < 4.78 is 103. The predicted molar refractivity (Wildman–Crippen MR) is 92.0 cm³/mol. The van der Waals surface area contributed by atoms with Crippen LogP contribution in [-0.4, -0.2) is 43.1 Å². The summed E-state index contributed by atoms with van der Waals surface area (Å²) in [5.41, 5.74) is 0.814. The Bertz CT molecular complexity index is 1030. The van der Waals surface area contributed by atoms with Gasteiger partial charge in [0, 0.05) is 0 Å². The molecule has 0 saturated carbocycles. The molecule has 6 nitrogen and oxygen atoms in total. The molecule has 0 bridgehead atoms. The molecular weight excluding hydrogens is 427 g/mol. The Labute approximate surface area is 161 Å². The van der Waals surface area contributed by atoms with Crippen LogP contribution in [0.5, 0.6) is 5.75 Å². The van der Waals surface area contributed by atoms with E-state index in [-0.39, 0.29) is 5.75 Å². The Kier molecular flexibility index (Phi) is 6.30. The third-order valence-electron chi connectivity index (χ3n) is 3.62. The normalized spacial score (nSPS) is 13.9. The third kappa shape index (κ3) is 5.28. The lowest BCUT2D eigenvalue weighted by Gasteiger charge is -2.25. The van der Waals surface area contributed by atoms with Gasteiger partial charge in [-0.15, -0.1) is 0 Å². The first kappa shape index (κ1) is 22.7. The van der Waals surface area contributed by atoms with E-state index in [0.29, 0.717) is 5.39 Å². The molecule has 2 rings (SSSR count). The quantitative estimate of drug-likeness (QED) is 0.305. The lowest BCUT2D eigenvalue weighted by atomic mass is 10.1. The van der Waals surface area contributed by atoms with Crippen molar-refractivity contribution < 1.29 is 49.2 Å². The molecule has 0 radical (unpaired) electrons. The maximum absolute atomic E-state index is 13.4. The molecule has 0 spiro atoms. The number of esters is 1. The summed E-state index contributed by atoms with van der Waals surface area (Å²) in [5.74, 6) is -1.60. The Balaban J connectivity index is 2.13. The highest BCUT2D eigenvalue weighted by Crippen LogP contribution is 2.38. The minimum absolute atomic E-state index is 0.109. The number of ether oxygens (including phenoxy) is 2. The van der Waals surface area contributed by atoms with Crippen LogP contribution in [0.3, 0.4) is 0 Å². The first-order valence-corrected chi connectivity index (χ1v) is 9.10. The molecule has 0 amide bonds. The zero-order chi connectivity index (χ0) is 22.0. The number of hydrogen-bond acceptors (Lipinski definition) is 5. The van der Waals surface area contributed by atoms with E-state index in [0.717, 1.165) is 10.9 Å². The fourth-order valence-electron chi connectivity index (χ4n) is 2.26. The summed E-state index contributed by atoms with van der Waals surface area (Å²) in [4.78, 5) is 11.7. The highest BCUT2D eigenvalue weighted by atomic mass is 32.2. The van der Waals surface area contributed by atoms with Gasteiger partial charge in [-0.3, -0.25) is 4.55 Å². The highest BCUT2D eigenvalue weighted by Gasteiger charge is 2.64. The van der Waals surface area contributed by atoms with Crippen molar-refractivity contribution in [3.63, 3.8) is 0 Å². The van der Waals surface area contributed by atoms with Gasteiger partial charge in [0.1, 0.15) is 12.4 Å². The molecule has 1 atom stereocenters. The molecule has 0 fully saturated rings. The minimum Gasteiger partial charge on any atom is -0.425 e. The van der Waals surface area contributed by atoms with Gasteiger partial charge in [-0.1, -0.05) is 30.9 Å². The van der Waals surface area contributed by atoms with Gasteiger partial charge in [0.25, 0.3) is 0 Å². The summed E-state index contributed by atoms with van der Waals surface area (Å²) in [6.07, 6.45) is -8.57. The Morgan fingerprint density at radius 2 is 1.69 bits per heavy atom. The van der Waals surface area contributed by atoms with Gasteiger partial charge in [-0.05, 0) is 34.5 Å². The van der Waals surface area contributed by atoms with Crippen molar-refractivity contribution in [1.29, 1.82) is 0 Å². The summed E-state index contributed by atoms with van der Waals surface area (Å²) in [6, 6.07) is 9.34. The van der Waals surface area contributed by atoms with Crippen LogP contribution in [0.4, 0.5) is 22.0 Å². The first-order valence-electron chi connectivity index (χ1n) is 7.66. The molecule has 0 aliphatic rings. The molecule has 0 saturated heterocycles. The van der Waals surface area contributed by atoms with E-state index >= 15 is 0 Å². The summed E-state index contributed by atoms with van der Waals surface area (Å²) in [7, 11) is -6.46. The topological polar surface area (TPSA) is 89.9 Å². The van der Waals surface area contributed by atoms with Crippen LogP contribution in [0.15, 0.2) is 43.0 Å². The largest absolute Gasteiger partial charge is 0.425 e. The third-order valence-corrected chi connectivity index (χ3v) is 4.52. The number of benzene rings is 2. The van der Waals surface area contributed by atoms with E-state index in [9.17, 15) is 35.2 Å². The van der Waals surface area contributed by atoms with Crippen LogP contribution in [0.1, 0.15) is 5.56 Å². The summed E-state index contributed by atoms with van der Waals surface area (Å²) in [6.45, 7) is 1.96. The van der Waals surface area contributed by atoms with Crippen molar-refractivity contribution in [3.05, 3.63) is 48.5 Å². The molecule has 158 valence electrons. The zero-order valence-corrected chi connectivity index (χ0v) is 15.1. The average molecular weight is 440 g/mol. The van der Waals surface area contributed by atoms with Crippen molar-refractivity contribution >= 4 is 32.9 Å². The predicted octanol–water partition coefficient (Wildman–Crippen LogP) is 3.82. The molecule has 1 unspecified atom stereocenters. The van der Waals surface area contributed by atoms with Crippen LogP contribution in [0.25, 0.3) is 16.8 Å². The van der Waals surface area contributed by atoms with E-state index in [4.69, 9.17) is 9.29 Å².